The maximum Gasteiger partial charge on any atom is 0.371 e. The Bertz CT molecular complexity index is 1360. The number of halogens is 7. The Kier molecular flexibility index (Phi) is 8.43. The highest BCUT2D eigenvalue weighted by atomic mass is 19.2. The molecule has 1 unspecified atom stereocenters. The summed E-state index contributed by atoms with van der Waals surface area (Å²) in [6.07, 6.45) is -0.542. The van der Waals surface area contributed by atoms with Crippen molar-refractivity contribution >= 4 is 17.7 Å². The van der Waals surface area contributed by atoms with E-state index in [1.807, 2.05) is 0 Å². The van der Waals surface area contributed by atoms with Crippen LogP contribution in [0.25, 0.3) is 0 Å². The Morgan fingerprint density at radius 3 is 2.00 bits per heavy atom. The molecule has 0 bridgehead atoms. The number of carbonyl (C=O) groups is 2. The second kappa shape index (κ2) is 11.5. The molecule has 0 aromatic heterocycles. The first kappa shape index (κ1) is 27.1. The van der Waals surface area contributed by atoms with Crippen molar-refractivity contribution < 1.29 is 49.9 Å². The molecule has 0 amide bonds. The lowest BCUT2D eigenvalue weighted by molar-refractivity contribution is 0.0391. The summed E-state index contributed by atoms with van der Waals surface area (Å²) in [7, 11) is 0. The van der Waals surface area contributed by atoms with E-state index in [4.69, 9.17) is 4.74 Å². The largest absolute Gasteiger partial charge is 0.454 e. The number of ether oxygens (including phenoxy) is 1. The molecule has 0 aliphatic rings. The fourth-order valence-electron chi connectivity index (χ4n) is 2.98. The van der Waals surface area contributed by atoms with E-state index < -0.39 is 76.3 Å². The number of esters is 1. The maximum absolute atomic E-state index is 13.9. The van der Waals surface area contributed by atoms with Gasteiger partial charge in [-0.1, -0.05) is 48.1 Å². The van der Waals surface area contributed by atoms with Crippen LogP contribution in [-0.4, -0.2) is 23.8 Å². The summed E-state index contributed by atoms with van der Waals surface area (Å²) < 4.78 is 100. The lowest BCUT2D eigenvalue weighted by atomic mass is 10.0. The highest BCUT2D eigenvalue weighted by molar-refractivity contribution is 6.01. The van der Waals surface area contributed by atoms with E-state index in [9.17, 15) is 40.3 Å². The van der Waals surface area contributed by atoms with Gasteiger partial charge in [0.25, 0.3) is 0 Å². The molecule has 0 saturated carbocycles. The summed E-state index contributed by atoms with van der Waals surface area (Å²) in [5, 5.41) is 3.46. The summed E-state index contributed by atoms with van der Waals surface area (Å²) in [5.41, 5.74) is -2.41. The first-order valence-corrected chi connectivity index (χ1v) is 10.2. The third-order valence-electron chi connectivity index (χ3n) is 4.83. The van der Waals surface area contributed by atoms with E-state index in [0.29, 0.717) is 6.07 Å². The highest BCUT2D eigenvalue weighted by Crippen LogP contribution is 2.24. The van der Waals surface area contributed by atoms with Crippen molar-refractivity contribution in [1.82, 2.24) is 0 Å². The van der Waals surface area contributed by atoms with Crippen LogP contribution in [0.5, 0.6) is 0 Å². The van der Waals surface area contributed by atoms with Crippen molar-refractivity contribution in [3.63, 3.8) is 0 Å². The van der Waals surface area contributed by atoms with Crippen LogP contribution in [0.3, 0.4) is 0 Å². The van der Waals surface area contributed by atoms with Gasteiger partial charge >= 0.3 is 11.9 Å². The second-order valence-corrected chi connectivity index (χ2v) is 7.24. The lowest BCUT2D eigenvalue weighted by Crippen LogP contribution is -2.22. The van der Waals surface area contributed by atoms with Gasteiger partial charge in [-0.05, 0) is 17.7 Å². The van der Waals surface area contributed by atoms with Crippen LogP contribution in [0.1, 0.15) is 32.7 Å². The van der Waals surface area contributed by atoms with Gasteiger partial charge in [-0.3, -0.25) is 0 Å². The zero-order chi connectivity index (χ0) is 27.3. The van der Waals surface area contributed by atoms with Crippen molar-refractivity contribution in [1.29, 1.82) is 0 Å². The minimum absolute atomic E-state index is 0.185. The molecule has 0 radical (unpaired) electrons. The predicted octanol–water partition coefficient (Wildman–Crippen LogP) is 6.02. The van der Waals surface area contributed by atoms with E-state index in [0.717, 1.165) is 18.2 Å². The Balaban J connectivity index is 1.89. The summed E-state index contributed by atoms with van der Waals surface area (Å²) in [6.45, 7) is 3.47. The molecule has 0 saturated heterocycles. The molecular weight excluding hydrogens is 511 g/mol. The van der Waals surface area contributed by atoms with Crippen LogP contribution in [0.2, 0.25) is 0 Å². The van der Waals surface area contributed by atoms with Crippen molar-refractivity contribution in [3.05, 3.63) is 119 Å². The van der Waals surface area contributed by atoms with Gasteiger partial charge in [-0.25, -0.2) is 40.3 Å². The Labute approximate surface area is 204 Å². The molecule has 0 fully saturated rings. The Morgan fingerprint density at radius 2 is 1.43 bits per heavy atom. The monoisotopic (exact) mass is 525 g/mol. The van der Waals surface area contributed by atoms with Gasteiger partial charge in [-0.15, -0.1) is 0 Å². The van der Waals surface area contributed by atoms with Crippen LogP contribution in [0, 0.1) is 40.7 Å². The third kappa shape index (κ3) is 6.02. The molecule has 5 nitrogen and oxygen atoms in total. The molecule has 37 heavy (non-hydrogen) atoms. The molecule has 0 aliphatic heterocycles. The minimum atomic E-state index is -2.46. The van der Waals surface area contributed by atoms with E-state index in [1.54, 1.807) is 6.07 Å². The van der Waals surface area contributed by atoms with Crippen LogP contribution in [0.4, 0.5) is 30.7 Å². The summed E-state index contributed by atoms with van der Waals surface area (Å²) in [6, 6.07) is 9.71. The number of hydrogen-bond donors (Lipinski definition) is 0. The molecule has 3 rings (SSSR count). The average Bonchev–Trinajstić information content (AvgIpc) is 2.88. The predicted molar refractivity (Wildman–Crippen MR) is 115 cm³/mol. The Hall–Kier alpha value is -4.48. The highest BCUT2D eigenvalue weighted by Gasteiger charge is 2.31. The van der Waals surface area contributed by atoms with Crippen LogP contribution in [0.15, 0.2) is 66.3 Å². The van der Waals surface area contributed by atoms with Crippen molar-refractivity contribution in [2.75, 3.05) is 0 Å². The minimum Gasteiger partial charge on any atom is -0.454 e. The summed E-state index contributed by atoms with van der Waals surface area (Å²) >= 11 is 0. The molecule has 0 aliphatic carbocycles. The van der Waals surface area contributed by atoms with Crippen LogP contribution >= 0.6 is 0 Å². The van der Waals surface area contributed by atoms with Crippen molar-refractivity contribution in [2.24, 2.45) is 5.16 Å². The zero-order valence-electron chi connectivity index (χ0n) is 18.4. The number of oxime groups is 1. The van der Waals surface area contributed by atoms with Crippen molar-refractivity contribution in [2.45, 2.75) is 12.5 Å². The van der Waals surface area contributed by atoms with Crippen LogP contribution < -0.4 is 0 Å². The summed E-state index contributed by atoms with van der Waals surface area (Å²) in [4.78, 5) is 29.0. The maximum atomic E-state index is 13.9. The molecule has 0 heterocycles. The van der Waals surface area contributed by atoms with Crippen LogP contribution in [-0.2, 0) is 9.57 Å². The number of nitrogens with zero attached hydrogens (tertiary/aromatic N) is 1. The van der Waals surface area contributed by atoms with Gasteiger partial charge < -0.3 is 9.57 Å². The standard InChI is InChI=1S/C25H14F7NO4/c1-2-14(36-24(34)15-9-8-13(26)10-16(15)27)11-17(12-6-4-3-5-7-12)33-37-25(35)18-19(28)21(30)23(32)22(31)20(18)29/h2-10,14H,1,11H2/b33-17-. The zero-order valence-corrected chi connectivity index (χ0v) is 18.4. The smallest absolute Gasteiger partial charge is 0.371 e. The second-order valence-electron chi connectivity index (χ2n) is 7.24. The average molecular weight is 525 g/mol. The molecule has 3 aromatic rings. The molecule has 12 heteroatoms. The van der Waals surface area contributed by atoms with E-state index in [1.165, 1.54) is 24.3 Å². The van der Waals surface area contributed by atoms with E-state index >= 15 is 0 Å². The number of carbonyl (C=O) groups excluding carboxylic acids is 2. The number of rotatable bonds is 8. The van der Waals surface area contributed by atoms with Gasteiger partial charge in [0.2, 0.25) is 5.82 Å². The van der Waals surface area contributed by atoms with Gasteiger partial charge in [0, 0.05) is 12.5 Å². The summed E-state index contributed by atoms with van der Waals surface area (Å²) in [5.74, 6) is -17.3. The number of hydrogen-bond acceptors (Lipinski definition) is 5. The fourth-order valence-corrected chi connectivity index (χ4v) is 2.98. The fraction of sp³-hybridized carbons (Fsp3) is 0.0800. The molecule has 1 atom stereocenters. The van der Waals surface area contributed by atoms with Gasteiger partial charge in [0.05, 0.1) is 11.3 Å². The van der Waals surface area contributed by atoms with Crippen molar-refractivity contribution in [3.8, 4) is 0 Å². The number of benzene rings is 3. The van der Waals surface area contributed by atoms with E-state index in [2.05, 4.69) is 16.6 Å². The topological polar surface area (TPSA) is 65.0 Å². The molecular formula is C25H14F7NO4. The third-order valence-corrected chi connectivity index (χ3v) is 4.83. The first-order valence-electron chi connectivity index (χ1n) is 10.2. The SMILES string of the molecule is C=CC(C/C(=N/OC(=O)c1c(F)c(F)c(F)c(F)c1F)c1ccccc1)OC(=O)c1ccc(F)cc1F. The normalized spacial score (nSPS) is 12.1. The molecule has 192 valence electrons. The van der Waals surface area contributed by atoms with E-state index in [-0.39, 0.29) is 11.3 Å². The van der Waals surface area contributed by atoms with Gasteiger partial charge in [0.15, 0.2) is 23.3 Å². The quantitative estimate of drug-likeness (QED) is 0.0527. The Morgan fingerprint density at radius 1 is 0.838 bits per heavy atom. The van der Waals surface area contributed by atoms with Gasteiger partial charge in [-0.2, -0.15) is 0 Å². The molecule has 0 N–H and O–H groups in total. The van der Waals surface area contributed by atoms with Gasteiger partial charge in [0.1, 0.15) is 23.3 Å². The molecule has 3 aromatic carbocycles. The first-order chi connectivity index (χ1) is 17.5. The molecule has 0 spiro atoms. The lowest BCUT2D eigenvalue weighted by Gasteiger charge is -2.16.